The standard InChI is InChI=1S/C18H19N5O4/c1-10(2)23-13(8-11(3)22-23)16(24)19-18-21-20-17(27-18)12-4-5-14-15(9-12)26-7-6-25-14/h4-5,8-10H,6-7H2,1-3H3,(H,19,21,24). The van der Waals surface area contributed by atoms with Crippen molar-refractivity contribution < 1.29 is 18.7 Å². The van der Waals surface area contributed by atoms with Crippen molar-refractivity contribution in [1.82, 2.24) is 20.0 Å². The Morgan fingerprint density at radius 3 is 2.70 bits per heavy atom. The fourth-order valence-corrected chi connectivity index (χ4v) is 2.81. The normalized spacial score (nSPS) is 13.0. The summed E-state index contributed by atoms with van der Waals surface area (Å²) in [5.41, 5.74) is 1.87. The third-order valence-electron chi connectivity index (χ3n) is 4.01. The summed E-state index contributed by atoms with van der Waals surface area (Å²) >= 11 is 0. The quantitative estimate of drug-likeness (QED) is 0.754. The molecule has 0 fully saturated rings. The Balaban J connectivity index is 1.54. The monoisotopic (exact) mass is 369 g/mol. The lowest BCUT2D eigenvalue weighted by molar-refractivity contribution is 0.101. The van der Waals surface area contributed by atoms with E-state index in [0.29, 0.717) is 36.0 Å². The molecule has 1 aliphatic heterocycles. The van der Waals surface area contributed by atoms with Gasteiger partial charge in [-0.05, 0) is 45.0 Å². The SMILES string of the molecule is Cc1cc(C(=O)Nc2nnc(-c3ccc4c(c3)OCCO4)o2)n(C(C)C)n1. The van der Waals surface area contributed by atoms with Crippen molar-refractivity contribution in [2.45, 2.75) is 26.8 Å². The van der Waals surface area contributed by atoms with Gasteiger partial charge in [0.15, 0.2) is 11.5 Å². The Morgan fingerprint density at radius 2 is 1.93 bits per heavy atom. The number of rotatable bonds is 4. The van der Waals surface area contributed by atoms with Crippen molar-refractivity contribution in [1.29, 1.82) is 0 Å². The van der Waals surface area contributed by atoms with Crippen molar-refractivity contribution in [3.8, 4) is 23.0 Å². The van der Waals surface area contributed by atoms with Crippen molar-refractivity contribution in [2.24, 2.45) is 0 Å². The number of carbonyl (C=O) groups excluding carboxylic acids is 1. The highest BCUT2D eigenvalue weighted by Gasteiger charge is 2.20. The predicted octanol–water partition coefficient (Wildman–Crippen LogP) is 2.85. The lowest BCUT2D eigenvalue weighted by Crippen LogP contribution is -2.19. The Morgan fingerprint density at radius 1 is 1.15 bits per heavy atom. The van der Waals surface area contributed by atoms with Crippen molar-refractivity contribution in [3.05, 3.63) is 35.7 Å². The molecule has 3 heterocycles. The molecule has 9 nitrogen and oxygen atoms in total. The van der Waals surface area contributed by atoms with E-state index in [9.17, 15) is 4.79 Å². The first kappa shape index (κ1) is 17.1. The molecule has 1 aromatic carbocycles. The van der Waals surface area contributed by atoms with Crippen LogP contribution in [0.4, 0.5) is 6.01 Å². The molecule has 0 bridgehead atoms. The number of amides is 1. The van der Waals surface area contributed by atoms with Gasteiger partial charge < -0.3 is 13.9 Å². The number of hydrogen-bond acceptors (Lipinski definition) is 7. The lowest BCUT2D eigenvalue weighted by Gasteiger charge is -2.18. The molecular formula is C18H19N5O4. The van der Waals surface area contributed by atoms with Gasteiger partial charge in [-0.15, -0.1) is 5.10 Å². The number of fused-ring (bicyclic) bond motifs is 1. The Bertz CT molecular complexity index is 992. The fourth-order valence-electron chi connectivity index (χ4n) is 2.81. The van der Waals surface area contributed by atoms with Crippen LogP contribution in [-0.2, 0) is 0 Å². The van der Waals surface area contributed by atoms with Gasteiger partial charge in [0.25, 0.3) is 5.91 Å². The van der Waals surface area contributed by atoms with E-state index >= 15 is 0 Å². The van der Waals surface area contributed by atoms with Crippen LogP contribution in [-0.4, -0.2) is 39.1 Å². The Labute approximate surface area is 155 Å². The summed E-state index contributed by atoms with van der Waals surface area (Å²) in [6.45, 7) is 6.76. The molecule has 140 valence electrons. The number of nitrogens with one attached hydrogen (secondary N) is 1. The molecule has 4 rings (SSSR count). The summed E-state index contributed by atoms with van der Waals surface area (Å²) in [5, 5.41) is 14.8. The topological polar surface area (TPSA) is 104 Å². The van der Waals surface area contributed by atoms with Crippen LogP contribution in [0.3, 0.4) is 0 Å². The predicted molar refractivity (Wildman–Crippen MR) is 96.0 cm³/mol. The van der Waals surface area contributed by atoms with E-state index in [1.807, 2.05) is 20.8 Å². The van der Waals surface area contributed by atoms with Gasteiger partial charge in [-0.3, -0.25) is 14.8 Å². The third kappa shape index (κ3) is 3.35. The zero-order valence-corrected chi connectivity index (χ0v) is 15.2. The molecule has 27 heavy (non-hydrogen) atoms. The first-order valence-corrected chi connectivity index (χ1v) is 8.62. The van der Waals surface area contributed by atoms with Gasteiger partial charge in [-0.2, -0.15) is 5.10 Å². The average molecular weight is 369 g/mol. The molecule has 1 amide bonds. The minimum absolute atomic E-state index is 0.0130. The molecule has 0 unspecified atom stereocenters. The summed E-state index contributed by atoms with van der Waals surface area (Å²) in [7, 11) is 0. The Hall–Kier alpha value is -3.36. The summed E-state index contributed by atoms with van der Waals surface area (Å²) in [6, 6.07) is 7.13. The second kappa shape index (κ2) is 6.75. The van der Waals surface area contributed by atoms with Crippen LogP contribution in [0.1, 0.15) is 36.1 Å². The minimum atomic E-state index is -0.360. The maximum absolute atomic E-state index is 12.6. The van der Waals surface area contributed by atoms with Gasteiger partial charge >= 0.3 is 6.01 Å². The summed E-state index contributed by atoms with van der Waals surface area (Å²) in [4.78, 5) is 12.6. The smallest absolute Gasteiger partial charge is 0.322 e. The van der Waals surface area contributed by atoms with E-state index in [-0.39, 0.29) is 23.9 Å². The minimum Gasteiger partial charge on any atom is -0.486 e. The number of carbonyl (C=O) groups is 1. The first-order valence-electron chi connectivity index (χ1n) is 8.62. The van der Waals surface area contributed by atoms with Crippen LogP contribution in [0.15, 0.2) is 28.7 Å². The van der Waals surface area contributed by atoms with Gasteiger partial charge in [0, 0.05) is 11.6 Å². The van der Waals surface area contributed by atoms with Crippen LogP contribution in [0, 0.1) is 6.92 Å². The average Bonchev–Trinajstić information content (AvgIpc) is 3.28. The van der Waals surface area contributed by atoms with E-state index in [1.54, 1.807) is 28.9 Å². The van der Waals surface area contributed by atoms with E-state index < -0.39 is 0 Å². The Kier molecular flexibility index (Phi) is 4.27. The molecule has 2 aromatic heterocycles. The summed E-state index contributed by atoms with van der Waals surface area (Å²) in [6.07, 6.45) is 0. The number of benzene rings is 1. The third-order valence-corrected chi connectivity index (χ3v) is 4.01. The highest BCUT2D eigenvalue weighted by atomic mass is 16.6. The van der Waals surface area contributed by atoms with Crippen LogP contribution in [0.25, 0.3) is 11.5 Å². The van der Waals surface area contributed by atoms with Crippen molar-refractivity contribution in [2.75, 3.05) is 18.5 Å². The van der Waals surface area contributed by atoms with Gasteiger partial charge in [0.05, 0.1) is 5.69 Å². The van der Waals surface area contributed by atoms with Crippen molar-refractivity contribution in [3.63, 3.8) is 0 Å². The number of aromatic nitrogens is 4. The molecule has 0 aliphatic carbocycles. The van der Waals surface area contributed by atoms with Gasteiger partial charge in [-0.25, -0.2) is 0 Å². The molecule has 0 saturated carbocycles. The molecule has 1 N–H and O–H groups in total. The number of anilines is 1. The highest BCUT2D eigenvalue weighted by Crippen LogP contribution is 2.34. The maximum Gasteiger partial charge on any atom is 0.322 e. The number of ether oxygens (including phenoxy) is 2. The number of hydrogen-bond donors (Lipinski definition) is 1. The van der Waals surface area contributed by atoms with Crippen LogP contribution >= 0.6 is 0 Å². The van der Waals surface area contributed by atoms with E-state index in [4.69, 9.17) is 13.9 Å². The molecule has 0 saturated heterocycles. The van der Waals surface area contributed by atoms with E-state index in [2.05, 4.69) is 20.6 Å². The molecule has 1 aliphatic rings. The lowest BCUT2D eigenvalue weighted by atomic mass is 10.2. The van der Waals surface area contributed by atoms with E-state index in [1.165, 1.54) is 0 Å². The molecule has 0 radical (unpaired) electrons. The second-order valence-corrected chi connectivity index (χ2v) is 6.43. The fraction of sp³-hybridized carbons (Fsp3) is 0.333. The highest BCUT2D eigenvalue weighted by molar-refractivity contribution is 6.02. The van der Waals surface area contributed by atoms with Gasteiger partial charge in [-0.1, -0.05) is 5.10 Å². The van der Waals surface area contributed by atoms with Gasteiger partial charge in [0.2, 0.25) is 5.89 Å². The molecule has 3 aromatic rings. The molecule has 0 atom stereocenters. The molecule has 0 spiro atoms. The van der Waals surface area contributed by atoms with Crippen LogP contribution in [0.5, 0.6) is 11.5 Å². The first-order chi connectivity index (χ1) is 13.0. The maximum atomic E-state index is 12.6. The van der Waals surface area contributed by atoms with Crippen molar-refractivity contribution >= 4 is 11.9 Å². The van der Waals surface area contributed by atoms with E-state index in [0.717, 1.165) is 5.69 Å². The number of aryl methyl sites for hydroxylation is 1. The largest absolute Gasteiger partial charge is 0.486 e. The van der Waals surface area contributed by atoms with Gasteiger partial charge in [0.1, 0.15) is 18.9 Å². The van der Waals surface area contributed by atoms with Crippen LogP contribution in [0.2, 0.25) is 0 Å². The zero-order valence-electron chi connectivity index (χ0n) is 15.2. The summed E-state index contributed by atoms with van der Waals surface area (Å²) in [5.74, 6) is 1.21. The summed E-state index contributed by atoms with van der Waals surface area (Å²) < 4.78 is 18.3. The van der Waals surface area contributed by atoms with Crippen LogP contribution < -0.4 is 14.8 Å². The second-order valence-electron chi connectivity index (χ2n) is 6.43. The number of nitrogens with zero attached hydrogens (tertiary/aromatic N) is 4. The zero-order chi connectivity index (χ0) is 19.0. The molecular weight excluding hydrogens is 350 g/mol. The molecule has 9 heteroatoms.